The minimum Gasteiger partial charge on any atom is -0.393 e. The average molecular weight is 205 g/mol. The predicted molar refractivity (Wildman–Crippen MR) is 55.8 cm³/mol. The van der Waals surface area contributed by atoms with Crippen molar-refractivity contribution in [1.29, 1.82) is 0 Å². The van der Waals surface area contributed by atoms with Crippen molar-refractivity contribution < 1.29 is 0 Å². The largest absolute Gasteiger partial charge is 0.393 e. The van der Waals surface area contributed by atoms with Crippen LogP contribution in [0.4, 0.5) is 5.69 Å². The standard InChI is InChI=1S/C9H11N5O/c1-2-6-8(10)9(15)14(13-6)7-3-4-11-5-12-7/h3-5,13H,2,10H2,1H3. The summed E-state index contributed by atoms with van der Waals surface area (Å²) in [5.74, 6) is 0.487. The van der Waals surface area contributed by atoms with Gasteiger partial charge in [0.05, 0.1) is 5.69 Å². The zero-order chi connectivity index (χ0) is 10.8. The minimum absolute atomic E-state index is 0.246. The molecule has 0 radical (unpaired) electrons. The molecule has 6 heteroatoms. The molecule has 0 aliphatic heterocycles. The molecule has 0 bridgehead atoms. The van der Waals surface area contributed by atoms with Crippen molar-refractivity contribution in [3.8, 4) is 5.82 Å². The van der Waals surface area contributed by atoms with Crippen LogP contribution in [-0.4, -0.2) is 19.7 Å². The van der Waals surface area contributed by atoms with E-state index in [0.29, 0.717) is 12.2 Å². The lowest BCUT2D eigenvalue weighted by Gasteiger charge is -1.97. The van der Waals surface area contributed by atoms with E-state index in [2.05, 4.69) is 15.1 Å². The van der Waals surface area contributed by atoms with Gasteiger partial charge in [-0.05, 0) is 6.42 Å². The Kier molecular flexibility index (Phi) is 2.24. The number of nitrogens with zero attached hydrogens (tertiary/aromatic N) is 3. The molecule has 0 saturated carbocycles. The molecule has 0 aromatic carbocycles. The van der Waals surface area contributed by atoms with E-state index in [1.165, 1.54) is 11.0 Å². The van der Waals surface area contributed by atoms with E-state index in [0.717, 1.165) is 5.69 Å². The molecule has 6 nitrogen and oxygen atoms in total. The Morgan fingerprint density at radius 2 is 2.40 bits per heavy atom. The quantitative estimate of drug-likeness (QED) is 0.727. The summed E-state index contributed by atoms with van der Waals surface area (Å²) >= 11 is 0. The molecule has 2 heterocycles. The summed E-state index contributed by atoms with van der Waals surface area (Å²) in [6, 6.07) is 1.64. The van der Waals surface area contributed by atoms with Crippen LogP contribution in [0, 0.1) is 0 Å². The van der Waals surface area contributed by atoms with Gasteiger partial charge in [0.1, 0.15) is 12.0 Å². The smallest absolute Gasteiger partial charge is 0.296 e. The topological polar surface area (TPSA) is 89.6 Å². The van der Waals surface area contributed by atoms with Crippen LogP contribution in [0.25, 0.3) is 5.82 Å². The molecule has 78 valence electrons. The number of H-pyrrole nitrogens is 1. The third-order valence-electron chi connectivity index (χ3n) is 2.15. The molecular formula is C9H11N5O. The summed E-state index contributed by atoms with van der Waals surface area (Å²) in [6.45, 7) is 1.92. The maximum Gasteiger partial charge on any atom is 0.296 e. The lowest BCUT2D eigenvalue weighted by atomic mass is 10.3. The van der Waals surface area contributed by atoms with Gasteiger partial charge in [-0.2, -0.15) is 4.68 Å². The molecule has 0 amide bonds. The molecule has 0 aliphatic carbocycles. The molecule has 0 saturated heterocycles. The third kappa shape index (κ3) is 1.50. The number of nitrogens with two attached hydrogens (primary N) is 1. The zero-order valence-electron chi connectivity index (χ0n) is 8.27. The Balaban J connectivity index is 2.60. The summed E-state index contributed by atoms with van der Waals surface area (Å²) in [5, 5.41) is 2.90. The molecule has 0 atom stereocenters. The first-order chi connectivity index (χ1) is 7.24. The first-order valence-electron chi connectivity index (χ1n) is 4.59. The van der Waals surface area contributed by atoms with Crippen molar-refractivity contribution in [2.45, 2.75) is 13.3 Å². The lowest BCUT2D eigenvalue weighted by molar-refractivity contribution is 0.790. The second kappa shape index (κ2) is 3.56. The van der Waals surface area contributed by atoms with Gasteiger partial charge in [-0.3, -0.25) is 9.89 Å². The van der Waals surface area contributed by atoms with Crippen molar-refractivity contribution in [1.82, 2.24) is 19.7 Å². The summed E-state index contributed by atoms with van der Waals surface area (Å²) in [5.41, 5.74) is 6.34. The number of aromatic amines is 1. The van der Waals surface area contributed by atoms with E-state index >= 15 is 0 Å². The number of hydrogen-bond acceptors (Lipinski definition) is 4. The Hall–Kier alpha value is -2.11. The van der Waals surface area contributed by atoms with Crippen molar-refractivity contribution in [2.75, 3.05) is 5.73 Å². The molecule has 3 N–H and O–H groups in total. The normalized spacial score (nSPS) is 10.5. The second-order valence-corrected chi connectivity index (χ2v) is 3.07. The molecule has 0 unspecified atom stereocenters. The summed E-state index contributed by atoms with van der Waals surface area (Å²) in [4.78, 5) is 19.4. The van der Waals surface area contributed by atoms with E-state index in [1.807, 2.05) is 6.92 Å². The third-order valence-corrected chi connectivity index (χ3v) is 2.15. The Bertz CT molecular complexity index is 513. The highest BCUT2D eigenvalue weighted by atomic mass is 16.1. The van der Waals surface area contributed by atoms with Crippen LogP contribution in [0.1, 0.15) is 12.6 Å². The predicted octanol–water partition coefficient (Wildman–Crippen LogP) is 0.100. The fourth-order valence-corrected chi connectivity index (χ4v) is 1.34. The molecule has 0 spiro atoms. The van der Waals surface area contributed by atoms with Gasteiger partial charge >= 0.3 is 0 Å². The molecule has 2 aromatic heterocycles. The van der Waals surface area contributed by atoms with Crippen molar-refractivity contribution >= 4 is 5.69 Å². The van der Waals surface area contributed by atoms with Gasteiger partial charge in [-0.15, -0.1) is 0 Å². The van der Waals surface area contributed by atoms with Gasteiger partial charge in [-0.25, -0.2) is 9.97 Å². The Labute approximate surface area is 85.8 Å². The number of rotatable bonds is 2. The lowest BCUT2D eigenvalue weighted by Crippen LogP contribution is -2.17. The minimum atomic E-state index is -0.273. The average Bonchev–Trinajstić information content (AvgIpc) is 2.57. The highest BCUT2D eigenvalue weighted by molar-refractivity contribution is 5.42. The van der Waals surface area contributed by atoms with Crippen LogP contribution in [0.2, 0.25) is 0 Å². The summed E-state index contributed by atoms with van der Waals surface area (Å²) in [7, 11) is 0. The van der Waals surface area contributed by atoms with Crippen LogP contribution in [0.5, 0.6) is 0 Å². The number of aryl methyl sites for hydroxylation is 1. The SMILES string of the molecule is CCc1[nH]n(-c2ccncn2)c(=O)c1N. The Morgan fingerprint density at radius 1 is 1.60 bits per heavy atom. The molecular weight excluding hydrogens is 194 g/mol. The summed E-state index contributed by atoms with van der Waals surface area (Å²) < 4.78 is 1.32. The number of nitrogen functional groups attached to an aromatic ring is 1. The fraction of sp³-hybridized carbons (Fsp3) is 0.222. The van der Waals surface area contributed by atoms with E-state index in [4.69, 9.17) is 5.73 Å². The maximum absolute atomic E-state index is 11.7. The van der Waals surface area contributed by atoms with Crippen LogP contribution >= 0.6 is 0 Å². The Morgan fingerprint density at radius 3 is 2.93 bits per heavy atom. The van der Waals surface area contributed by atoms with Crippen molar-refractivity contribution in [3.05, 3.63) is 34.6 Å². The molecule has 15 heavy (non-hydrogen) atoms. The number of anilines is 1. The van der Waals surface area contributed by atoms with Crippen LogP contribution in [0.15, 0.2) is 23.4 Å². The molecule has 0 fully saturated rings. The van der Waals surface area contributed by atoms with Crippen LogP contribution in [0.3, 0.4) is 0 Å². The number of nitrogens with one attached hydrogen (secondary N) is 1. The van der Waals surface area contributed by atoms with Gasteiger partial charge in [0.2, 0.25) is 0 Å². The molecule has 2 aromatic rings. The van der Waals surface area contributed by atoms with Gasteiger partial charge in [0.15, 0.2) is 5.82 Å². The van der Waals surface area contributed by atoms with Gasteiger partial charge in [0.25, 0.3) is 5.56 Å². The van der Waals surface area contributed by atoms with Crippen LogP contribution in [-0.2, 0) is 6.42 Å². The number of hydrogen-bond donors (Lipinski definition) is 2. The van der Waals surface area contributed by atoms with Gasteiger partial charge in [-0.1, -0.05) is 6.92 Å². The van der Waals surface area contributed by atoms with E-state index in [9.17, 15) is 4.79 Å². The zero-order valence-corrected chi connectivity index (χ0v) is 8.27. The fourth-order valence-electron chi connectivity index (χ4n) is 1.34. The van der Waals surface area contributed by atoms with Crippen molar-refractivity contribution in [3.63, 3.8) is 0 Å². The summed E-state index contributed by atoms with van der Waals surface area (Å²) in [6.07, 6.45) is 3.63. The van der Waals surface area contributed by atoms with Gasteiger partial charge < -0.3 is 5.73 Å². The van der Waals surface area contributed by atoms with E-state index in [-0.39, 0.29) is 11.2 Å². The first-order valence-corrected chi connectivity index (χ1v) is 4.59. The highest BCUT2D eigenvalue weighted by Crippen LogP contribution is 2.06. The molecule has 0 aliphatic rings. The first kappa shape index (κ1) is 9.45. The van der Waals surface area contributed by atoms with Gasteiger partial charge in [0, 0.05) is 12.3 Å². The maximum atomic E-state index is 11.7. The van der Waals surface area contributed by atoms with Crippen molar-refractivity contribution in [2.24, 2.45) is 0 Å². The monoisotopic (exact) mass is 205 g/mol. The second-order valence-electron chi connectivity index (χ2n) is 3.07. The highest BCUT2D eigenvalue weighted by Gasteiger charge is 2.10. The van der Waals surface area contributed by atoms with Crippen LogP contribution < -0.4 is 11.3 Å². The molecule has 2 rings (SSSR count). The number of aromatic nitrogens is 4. The van der Waals surface area contributed by atoms with E-state index < -0.39 is 0 Å². The van der Waals surface area contributed by atoms with E-state index in [1.54, 1.807) is 12.3 Å².